The quantitative estimate of drug-likeness (QED) is 0.0261. The van der Waals surface area contributed by atoms with E-state index in [1.54, 1.807) is 0 Å². The molecular weight excluding hydrogens is 925 g/mol. The zero-order valence-corrected chi connectivity index (χ0v) is 49.3. The normalized spacial score (nSPS) is 12.7. The second-order valence-electron chi connectivity index (χ2n) is 20.9. The summed E-state index contributed by atoms with van der Waals surface area (Å²) in [6.45, 7) is 6.41. The number of rotatable bonds is 57. The van der Waals surface area contributed by atoms with Crippen molar-refractivity contribution in [3.05, 3.63) is 97.2 Å². The van der Waals surface area contributed by atoms with Crippen LogP contribution in [0.3, 0.4) is 0 Å². The number of hydrogen-bond donors (Lipinski definition) is 0. The molecule has 0 N–H and O–H groups in total. The molecule has 0 aromatic carbocycles. The summed E-state index contributed by atoms with van der Waals surface area (Å²) >= 11 is 0. The molecule has 430 valence electrons. The zero-order chi connectivity index (χ0) is 54.3. The first kappa shape index (κ1) is 71.3. The van der Waals surface area contributed by atoms with Gasteiger partial charge in [0.25, 0.3) is 0 Å². The van der Waals surface area contributed by atoms with E-state index in [1.165, 1.54) is 148 Å². The number of unbranched alkanes of at least 4 members (excludes halogenated alkanes) is 30. The number of allylic oxidation sites excluding steroid dienone is 16. The smallest absolute Gasteiger partial charge is 0.306 e. The van der Waals surface area contributed by atoms with Crippen LogP contribution in [-0.2, 0) is 28.6 Å². The number of ether oxygens (including phenoxy) is 3. The average Bonchev–Trinajstić information content (AvgIpc) is 3.41. The van der Waals surface area contributed by atoms with E-state index in [0.717, 1.165) is 116 Å². The fourth-order valence-corrected chi connectivity index (χ4v) is 8.90. The second kappa shape index (κ2) is 62.9. The lowest BCUT2D eigenvalue weighted by Crippen LogP contribution is -2.30. The molecule has 6 heteroatoms. The molecule has 0 aliphatic heterocycles. The van der Waals surface area contributed by atoms with E-state index < -0.39 is 6.10 Å². The topological polar surface area (TPSA) is 78.9 Å². The maximum atomic E-state index is 12.9. The van der Waals surface area contributed by atoms with Crippen molar-refractivity contribution in [3.63, 3.8) is 0 Å². The highest BCUT2D eigenvalue weighted by molar-refractivity contribution is 5.71. The first-order chi connectivity index (χ1) is 37.0. The van der Waals surface area contributed by atoms with E-state index in [0.29, 0.717) is 19.3 Å². The first-order valence-electron chi connectivity index (χ1n) is 31.7. The zero-order valence-electron chi connectivity index (χ0n) is 49.3. The van der Waals surface area contributed by atoms with Gasteiger partial charge in [-0.2, -0.15) is 0 Å². The van der Waals surface area contributed by atoms with Gasteiger partial charge in [0.15, 0.2) is 6.10 Å². The standard InChI is InChI=1S/C69H118O6/c1-4-7-10-13-16-19-22-25-27-28-29-30-31-32-33-34-35-36-37-38-39-40-42-44-47-50-53-56-59-62-68(71)74-65-66(64-73-67(70)61-58-55-52-49-46-43-24-21-18-15-12-9-6-3)75-69(72)63-60-57-54-51-48-45-41-26-23-20-17-14-11-8-5-2/h7,9-10,12,16,18-19,21,25,27,29-30,32-33,43,46,66H,4-6,8,11,13-15,17,20,22-24,26,28,31,34-42,44-45,47-65H2,1-3H3/b10-7-,12-9-,19-16-,21-18-,27-25-,30-29-,33-32-,46-43-. The molecule has 0 saturated carbocycles. The molecule has 0 heterocycles. The summed E-state index contributed by atoms with van der Waals surface area (Å²) in [7, 11) is 0. The van der Waals surface area contributed by atoms with Crippen LogP contribution in [0.4, 0.5) is 0 Å². The Kier molecular flexibility index (Phi) is 59.8. The van der Waals surface area contributed by atoms with Gasteiger partial charge in [-0.25, -0.2) is 0 Å². The molecule has 6 nitrogen and oxygen atoms in total. The van der Waals surface area contributed by atoms with E-state index in [1.807, 2.05) is 0 Å². The van der Waals surface area contributed by atoms with Crippen LogP contribution in [0, 0.1) is 0 Å². The van der Waals surface area contributed by atoms with Crippen molar-refractivity contribution in [2.75, 3.05) is 13.2 Å². The maximum absolute atomic E-state index is 12.9. The van der Waals surface area contributed by atoms with Gasteiger partial charge in [-0.15, -0.1) is 0 Å². The van der Waals surface area contributed by atoms with Crippen molar-refractivity contribution in [3.8, 4) is 0 Å². The average molecular weight is 1040 g/mol. The number of carbonyl (C=O) groups excluding carboxylic acids is 3. The molecule has 1 atom stereocenters. The van der Waals surface area contributed by atoms with Crippen molar-refractivity contribution in [2.45, 2.75) is 309 Å². The third kappa shape index (κ3) is 61.1. The van der Waals surface area contributed by atoms with E-state index in [4.69, 9.17) is 14.2 Å². The largest absolute Gasteiger partial charge is 0.462 e. The molecule has 0 fully saturated rings. The van der Waals surface area contributed by atoms with E-state index in [2.05, 4.69) is 118 Å². The fraction of sp³-hybridized carbons (Fsp3) is 0.725. The van der Waals surface area contributed by atoms with Gasteiger partial charge in [-0.3, -0.25) is 14.4 Å². The van der Waals surface area contributed by atoms with Crippen molar-refractivity contribution in [2.24, 2.45) is 0 Å². The SMILES string of the molecule is CC/C=C\C/C=C\C/C=C\C/C=C\C/C=C\CCCCCCCCCCCCCCCC(=O)OCC(COC(=O)CCCCC/C=C\C/C=C\C/C=C\CC)OC(=O)CCCCCCCCCCCCCCCCC. The maximum Gasteiger partial charge on any atom is 0.306 e. The Labute approximate surface area is 464 Å². The van der Waals surface area contributed by atoms with E-state index in [-0.39, 0.29) is 31.1 Å². The van der Waals surface area contributed by atoms with Crippen molar-refractivity contribution >= 4 is 17.9 Å². The fourth-order valence-electron chi connectivity index (χ4n) is 8.90. The number of hydrogen-bond acceptors (Lipinski definition) is 6. The van der Waals surface area contributed by atoms with Gasteiger partial charge in [0.2, 0.25) is 0 Å². The van der Waals surface area contributed by atoms with Crippen LogP contribution in [0.2, 0.25) is 0 Å². The van der Waals surface area contributed by atoms with Crippen LogP contribution in [0.1, 0.15) is 303 Å². The summed E-state index contributed by atoms with van der Waals surface area (Å²) in [6, 6.07) is 0. The Morgan fingerprint density at radius 1 is 0.280 bits per heavy atom. The molecule has 0 aromatic rings. The Morgan fingerprint density at radius 2 is 0.520 bits per heavy atom. The highest BCUT2D eigenvalue weighted by Gasteiger charge is 2.19. The summed E-state index contributed by atoms with van der Waals surface area (Å²) in [4.78, 5) is 38.2. The monoisotopic (exact) mass is 1040 g/mol. The summed E-state index contributed by atoms with van der Waals surface area (Å²) < 4.78 is 16.9. The third-order valence-electron chi connectivity index (χ3n) is 13.6. The van der Waals surface area contributed by atoms with Crippen LogP contribution in [0.5, 0.6) is 0 Å². The lowest BCUT2D eigenvalue weighted by molar-refractivity contribution is -0.167. The minimum Gasteiger partial charge on any atom is -0.462 e. The number of esters is 3. The predicted molar refractivity (Wildman–Crippen MR) is 325 cm³/mol. The molecule has 75 heavy (non-hydrogen) atoms. The minimum absolute atomic E-state index is 0.0845. The predicted octanol–water partition coefficient (Wildman–Crippen LogP) is 21.7. The molecular formula is C69H118O6. The van der Waals surface area contributed by atoms with Crippen LogP contribution in [-0.4, -0.2) is 37.2 Å². The third-order valence-corrected chi connectivity index (χ3v) is 13.6. The van der Waals surface area contributed by atoms with E-state index >= 15 is 0 Å². The molecule has 0 radical (unpaired) electrons. The summed E-state index contributed by atoms with van der Waals surface area (Å²) in [5.41, 5.74) is 0. The van der Waals surface area contributed by atoms with Gasteiger partial charge >= 0.3 is 17.9 Å². The number of carbonyl (C=O) groups is 3. The molecule has 0 spiro atoms. The Bertz CT molecular complexity index is 1480. The highest BCUT2D eigenvalue weighted by Crippen LogP contribution is 2.17. The molecule has 0 rings (SSSR count). The molecule has 0 aromatic heterocycles. The van der Waals surface area contributed by atoms with Gasteiger partial charge in [0.05, 0.1) is 0 Å². The summed E-state index contributed by atoms with van der Waals surface area (Å²) in [5, 5.41) is 0. The summed E-state index contributed by atoms with van der Waals surface area (Å²) in [6.07, 6.45) is 84.2. The minimum atomic E-state index is -0.788. The Morgan fingerprint density at radius 3 is 0.827 bits per heavy atom. The Balaban J connectivity index is 4.24. The van der Waals surface area contributed by atoms with Gasteiger partial charge in [0.1, 0.15) is 13.2 Å². The molecule has 0 aliphatic rings. The van der Waals surface area contributed by atoms with Gasteiger partial charge < -0.3 is 14.2 Å². The van der Waals surface area contributed by atoms with Crippen LogP contribution in [0.25, 0.3) is 0 Å². The van der Waals surface area contributed by atoms with E-state index in [9.17, 15) is 14.4 Å². The lowest BCUT2D eigenvalue weighted by atomic mass is 10.0. The molecule has 0 bridgehead atoms. The van der Waals surface area contributed by atoms with Crippen LogP contribution >= 0.6 is 0 Å². The highest BCUT2D eigenvalue weighted by atomic mass is 16.6. The van der Waals surface area contributed by atoms with Crippen LogP contribution in [0.15, 0.2) is 97.2 Å². The first-order valence-corrected chi connectivity index (χ1v) is 31.7. The van der Waals surface area contributed by atoms with Crippen molar-refractivity contribution in [1.82, 2.24) is 0 Å². The lowest BCUT2D eigenvalue weighted by Gasteiger charge is -2.18. The molecule has 0 amide bonds. The molecule has 1 unspecified atom stereocenters. The van der Waals surface area contributed by atoms with Gasteiger partial charge in [0, 0.05) is 19.3 Å². The second-order valence-corrected chi connectivity index (χ2v) is 20.9. The van der Waals surface area contributed by atoms with Crippen molar-refractivity contribution in [1.29, 1.82) is 0 Å². The summed E-state index contributed by atoms with van der Waals surface area (Å²) in [5.74, 6) is -0.905. The molecule has 0 aliphatic carbocycles. The van der Waals surface area contributed by atoms with Gasteiger partial charge in [-0.05, 0) is 96.3 Å². The van der Waals surface area contributed by atoms with Gasteiger partial charge in [-0.1, -0.05) is 285 Å². The Hall–Kier alpha value is -3.67. The van der Waals surface area contributed by atoms with Crippen molar-refractivity contribution < 1.29 is 28.6 Å². The van der Waals surface area contributed by atoms with Crippen LogP contribution < -0.4 is 0 Å². The molecule has 0 saturated heterocycles.